The Morgan fingerprint density at radius 2 is 2.00 bits per heavy atom. The molecule has 0 radical (unpaired) electrons. The van der Waals surface area contributed by atoms with Crippen molar-refractivity contribution in [2.45, 2.75) is 26.3 Å². The zero-order chi connectivity index (χ0) is 9.07. The minimum absolute atomic E-state index is 1.26. The molecule has 0 N–H and O–H groups in total. The van der Waals surface area contributed by atoms with Crippen LogP contribution in [-0.2, 0) is 0 Å². The van der Waals surface area contributed by atoms with Gasteiger partial charge < -0.3 is 0 Å². The van der Waals surface area contributed by atoms with Crippen molar-refractivity contribution in [2.24, 2.45) is 10.6 Å². The number of alkyl halides is 2. The maximum atomic E-state index is 11.9. The molecule has 0 fully saturated rings. The molecule has 11 heavy (non-hydrogen) atoms. The molecule has 5 heteroatoms. The van der Waals surface area contributed by atoms with Gasteiger partial charge in [-0.2, -0.15) is 10.2 Å². The summed E-state index contributed by atoms with van der Waals surface area (Å²) in [6, 6.07) is -0.143. The maximum Gasteiger partial charge on any atom is 0.265 e. The first-order valence-electron chi connectivity index (χ1n) is 2.97. The molecule has 0 saturated carbocycles. The lowest BCUT2D eigenvalue weighted by atomic mass is 9.87. The van der Waals surface area contributed by atoms with Gasteiger partial charge >= 0.3 is 0 Å². The van der Waals surface area contributed by atoms with Gasteiger partial charge in [0.15, 0.2) is 6.04 Å². The molecule has 0 aliphatic carbocycles. The van der Waals surface area contributed by atoms with Gasteiger partial charge in [-0.3, -0.25) is 0 Å². The largest absolute Gasteiger partial charge is 0.265 e. The van der Waals surface area contributed by atoms with E-state index in [-0.39, 0.29) is 0 Å². The SMILES string of the molecule is CC(C)(C#N)C(N=O)C(F)F. The third-order valence-corrected chi connectivity index (χ3v) is 1.38. The molecule has 0 bridgehead atoms. The van der Waals surface area contributed by atoms with Gasteiger partial charge in [-0.15, -0.1) is 0 Å². The summed E-state index contributed by atoms with van der Waals surface area (Å²) in [5.74, 6) is 0. The van der Waals surface area contributed by atoms with E-state index in [0.29, 0.717) is 0 Å². The van der Waals surface area contributed by atoms with Crippen LogP contribution in [0.3, 0.4) is 0 Å². The summed E-state index contributed by atoms with van der Waals surface area (Å²) in [5, 5.41) is 10.6. The van der Waals surface area contributed by atoms with E-state index < -0.39 is 17.9 Å². The van der Waals surface area contributed by atoms with Gasteiger partial charge in [0, 0.05) is 0 Å². The molecule has 0 spiro atoms. The topological polar surface area (TPSA) is 53.2 Å². The number of hydrogen-bond acceptors (Lipinski definition) is 3. The van der Waals surface area contributed by atoms with E-state index in [1.807, 2.05) is 0 Å². The van der Waals surface area contributed by atoms with Crippen molar-refractivity contribution in [3.63, 3.8) is 0 Å². The molecule has 0 aliphatic rings. The summed E-state index contributed by atoms with van der Waals surface area (Å²) in [4.78, 5) is 9.87. The van der Waals surface area contributed by atoms with Crippen LogP contribution in [0.2, 0.25) is 0 Å². The smallest absolute Gasteiger partial charge is 0.208 e. The van der Waals surface area contributed by atoms with Gasteiger partial charge in [-0.25, -0.2) is 8.78 Å². The highest BCUT2D eigenvalue weighted by Gasteiger charge is 2.38. The number of halogens is 2. The Kier molecular flexibility index (Phi) is 3.05. The van der Waals surface area contributed by atoms with E-state index in [4.69, 9.17) is 5.26 Å². The molecule has 0 aromatic heterocycles. The van der Waals surface area contributed by atoms with Crippen LogP contribution in [0.4, 0.5) is 8.78 Å². The predicted octanol–water partition coefficient (Wildman–Crippen LogP) is 1.94. The fourth-order valence-corrected chi connectivity index (χ4v) is 0.559. The highest BCUT2D eigenvalue weighted by Crippen LogP contribution is 2.26. The summed E-state index contributed by atoms with van der Waals surface area (Å²) >= 11 is 0. The lowest BCUT2D eigenvalue weighted by molar-refractivity contribution is 0.0786. The Labute approximate surface area is 63.0 Å². The molecule has 3 nitrogen and oxygen atoms in total. The summed E-state index contributed by atoms with van der Waals surface area (Å²) in [6.45, 7) is 2.51. The van der Waals surface area contributed by atoms with Crippen molar-refractivity contribution in [1.82, 2.24) is 0 Å². The fourth-order valence-electron chi connectivity index (χ4n) is 0.559. The predicted molar refractivity (Wildman–Crippen MR) is 35.0 cm³/mol. The molecule has 0 heterocycles. The Balaban J connectivity index is 4.52. The van der Waals surface area contributed by atoms with Crippen LogP contribution in [0.5, 0.6) is 0 Å². The molecular weight excluding hydrogens is 154 g/mol. The third kappa shape index (κ3) is 2.22. The molecule has 1 unspecified atom stereocenters. The van der Waals surface area contributed by atoms with Gasteiger partial charge in [0.05, 0.1) is 11.5 Å². The second-order valence-corrected chi connectivity index (χ2v) is 2.72. The molecule has 0 aromatic carbocycles. The quantitative estimate of drug-likeness (QED) is 0.595. The van der Waals surface area contributed by atoms with E-state index in [0.717, 1.165) is 0 Å². The molecule has 0 aliphatic heterocycles. The number of nitrogens with zero attached hydrogens (tertiary/aromatic N) is 2. The van der Waals surface area contributed by atoms with Crippen LogP contribution < -0.4 is 0 Å². The van der Waals surface area contributed by atoms with Gasteiger partial charge in [-0.05, 0) is 13.8 Å². The van der Waals surface area contributed by atoms with Crippen molar-refractivity contribution in [3.8, 4) is 6.07 Å². The third-order valence-electron chi connectivity index (χ3n) is 1.38. The average molecular weight is 162 g/mol. The molecule has 0 rings (SSSR count). The molecule has 0 saturated heterocycles. The molecular formula is C6H8F2N2O. The molecule has 0 amide bonds. The first-order chi connectivity index (χ1) is 4.95. The number of hydrogen-bond donors (Lipinski definition) is 0. The average Bonchev–Trinajstić information content (AvgIpc) is 1.88. The van der Waals surface area contributed by atoms with Crippen LogP contribution >= 0.6 is 0 Å². The monoisotopic (exact) mass is 162 g/mol. The fraction of sp³-hybridized carbons (Fsp3) is 0.833. The zero-order valence-corrected chi connectivity index (χ0v) is 6.21. The van der Waals surface area contributed by atoms with Crippen LogP contribution in [0.1, 0.15) is 13.8 Å². The van der Waals surface area contributed by atoms with E-state index in [2.05, 4.69) is 5.18 Å². The second kappa shape index (κ2) is 3.37. The van der Waals surface area contributed by atoms with E-state index in [1.165, 1.54) is 13.8 Å². The zero-order valence-electron chi connectivity index (χ0n) is 6.21. The summed E-state index contributed by atoms with van der Waals surface area (Å²) in [5.41, 5.74) is -1.39. The van der Waals surface area contributed by atoms with Crippen molar-refractivity contribution in [3.05, 3.63) is 4.91 Å². The molecule has 0 aromatic rings. The minimum Gasteiger partial charge on any atom is -0.208 e. The highest BCUT2D eigenvalue weighted by molar-refractivity contribution is 5.01. The van der Waals surface area contributed by atoms with Crippen LogP contribution in [0.15, 0.2) is 5.18 Å². The first kappa shape index (κ1) is 9.95. The highest BCUT2D eigenvalue weighted by atomic mass is 19.3. The number of nitriles is 1. The Morgan fingerprint density at radius 3 is 2.09 bits per heavy atom. The van der Waals surface area contributed by atoms with Crippen molar-refractivity contribution < 1.29 is 8.78 Å². The standard InChI is InChI=1S/C6H8F2N2O/c1-6(2,3-9)4(10-11)5(7)8/h4-5H,1-2H3. The lowest BCUT2D eigenvalue weighted by Gasteiger charge is -2.19. The maximum absolute atomic E-state index is 11.9. The molecule has 62 valence electrons. The first-order valence-corrected chi connectivity index (χ1v) is 2.97. The van der Waals surface area contributed by atoms with Crippen LogP contribution in [0.25, 0.3) is 0 Å². The summed E-state index contributed by atoms with van der Waals surface area (Å²) in [6.07, 6.45) is -2.87. The van der Waals surface area contributed by atoms with Crippen molar-refractivity contribution >= 4 is 0 Å². The van der Waals surface area contributed by atoms with E-state index in [9.17, 15) is 13.7 Å². The number of nitroso groups, excluding NO2 is 1. The minimum atomic E-state index is -2.87. The Hall–Kier alpha value is -1.05. The van der Waals surface area contributed by atoms with E-state index >= 15 is 0 Å². The normalized spacial score (nSPS) is 14.2. The second-order valence-electron chi connectivity index (χ2n) is 2.72. The van der Waals surface area contributed by atoms with Gasteiger partial charge in [0.2, 0.25) is 0 Å². The van der Waals surface area contributed by atoms with Crippen molar-refractivity contribution in [2.75, 3.05) is 0 Å². The van der Waals surface area contributed by atoms with Crippen LogP contribution in [-0.4, -0.2) is 12.5 Å². The Bertz CT molecular complexity index is 186. The lowest BCUT2D eigenvalue weighted by Crippen LogP contribution is -2.32. The van der Waals surface area contributed by atoms with Gasteiger partial charge in [0.1, 0.15) is 0 Å². The van der Waals surface area contributed by atoms with Gasteiger partial charge in [-0.1, -0.05) is 5.18 Å². The Morgan fingerprint density at radius 1 is 1.55 bits per heavy atom. The molecule has 1 atom stereocenters. The van der Waals surface area contributed by atoms with E-state index in [1.54, 1.807) is 6.07 Å². The number of rotatable bonds is 3. The summed E-state index contributed by atoms with van der Waals surface area (Å²) in [7, 11) is 0. The van der Waals surface area contributed by atoms with Crippen molar-refractivity contribution in [1.29, 1.82) is 5.26 Å². The van der Waals surface area contributed by atoms with Gasteiger partial charge in [0.25, 0.3) is 6.43 Å². The summed E-state index contributed by atoms with van der Waals surface area (Å²) < 4.78 is 23.9. The van der Waals surface area contributed by atoms with Crippen LogP contribution in [0, 0.1) is 21.7 Å².